The second kappa shape index (κ2) is 8.71. The van der Waals surface area contributed by atoms with Gasteiger partial charge in [0, 0.05) is 30.7 Å². The van der Waals surface area contributed by atoms with Crippen molar-refractivity contribution in [1.29, 1.82) is 0 Å². The molecule has 0 unspecified atom stereocenters. The fraction of sp³-hybridized carbons (Fsp3) is 0.200. The molecule has 134 valence electrons. The number of aromatic nitrogens is 2. The predicted molar refractivity (Wildman–Crippen MR) is 101 cm³/mol. The molecule has 0 fully saturated rings. The van der Waals surface area contributed by atoms with E-state index in [-0.39, 0.29) is 6.03 Å². The number of anilines is 1. The third kappa shape index (κ3) is 4.86. The summed E-state index contributed by atoms with van der Waals surface area (Å²) in [6.45, 7) is 3.62. The highest BCUT2D eigenvalue weighted by molar-refractivity contribution is 5.89. The lowest BCUT2D eigenvalue weighted by molar-refractivity contribution is 0.251. The van der Waals surface area contributed by atoms with Gasteiger partial charge >= 0.3 is 6.03 Å². The minimum atomic E-state index is -0.257. The monoisotopic (exact) mass is 350 g/mol. The van der Waals surface area contributed by atoms with Crippen LogP contribution in [-0.4, -0.2) is 22.4 Å². The molecule has 0 radical (unpaired) electrons. The molecule has 2 aromatic carbocycles. The summed E-state index contributed by atoms with van der Waals surface area (Å²) < 4.78 is 7.30. The Morgan fingerprint density at radius 3 is 2.73 bits per heavy atom. The number of hydrogen-bond donors (Lipinski definition) is 2. The van der Waals surface area contributed by atoms with Gasteiger partial charge in [0.15, 0.2) is 0 Å². The first-order valence-corrected chi connectivity index (χ1v) is 8.56. The Hall–Kier alpha value is -3.28. The SMILES string of the molecule is CCOc1cccc(NC(=O)NCc2ccccc2Cn2cccn2)c1. The van der Waals surface area contributed by atoms with E-state index in [9.17, 15) is 4.79 Å². The first-order chi connectivity index (χ1) is 12.7. The lowest BCUT2D eigenvalue weighted by atomic mass is 10.1. The van der Waals surface area contributed by atoms with Crippen molar-refractivity contribution in [3.8, 4) is 5.75 Å². The van der Waals surface area contributed by atoms with Gasteiger partial charge in [-0.25, -0.2) is 4.79 Å². The summed E-state index contributed by atoms with van der Waals surface area (Å²) in [5.74, 6) is 0.731. The number of carbonyl (C=O) groups is 1. The molecule has 0 spiro atoms. The van der Waals surface area contributed by atoms with E-state index in [4.69, 9.17) is 4.74 Å². The number of rotatable bonds is 7. The van der Waals surface area contributed by atoms with Crippen LogP contribution in [0.3, 0.4) is 0 Å². The first kappa shape index (κ1) is 17.5. The van der Waals surface area contributed by atoms with Gasteiger partial charge in [-0.05, 0) is 36.2 Å². The number of urea groups is 1. The number of carbonyl (C=O) groups excluding carboxylic acids is 1. The first-order valence-electron chi connectivity index (χ1n) is 8.56. The van der Waals surface area contributed by atoms with E-state index in [1.165, 1.54) is 0 Å². The second-order valence-electron chi connectivity index (χ2n) is 5.74. The average molecular weight is 350 g/mol. The van der Waals surface area contributed by atoms with Crippen molar-refractivity contribution in [2.75, 3.05) is 11.9 Å². The molecule has 0 aliphatic rings. The average Bonchev–Trinajstić information content (AvgIpc) is 3.15. The van der Waals surface area contributed by atoms with E-state index >= 15 is 0 Å². The maximum atomic E-state index is 12.2. The summed E-state index contributed by atoms with van der Waals surface area (Å²) in [7, 11) is 0. The Balaban J connectivity index is 1.59. The van der Waals surface area contributed by atoms with Gasteiger partial charge in [-0.2, -0.15) is 5.10 Å². The van der Waals surface area contributed by atoms with Crippen molar-refractivity contribution in [2.24, 2.45) is 0 Å². The number of ether oxygens (including phenoxy) is 1. The zero-order chi connectivity index (χ0) is 18.2. The topological polar surface area (TPSA) is 68.2 Å². The zero-order valence-electron chi connectivity index (χ0n) is 14.7. The lowest BCUT2D eigenvalue weighted by Crippen LogP contribution is -2.28. The van der Waals surface area contributed by atoms with E-state index in [1.807, 2.05) is 66.3 Å². The van der Waals surface area contributed by atoms with Crippen molar-refractivity contribution in [3.63, 3.8) is 0 Å². The van der Waals surface area contributed by atoms with Crippen LogP contribution >= 0.6 is 0 Å². The number of amides is 2. The van der Waals surface area contributed by atoms with Crippen molar-refractivity contribution < 1.29 is 9.53 Å². The number of benzene rings is 2. The van der Waals surface area contributed by atoms with E-state index in [0.29, 0.717) is 25.4 Å². The van der Waals surface area contributed by atoms with Gasteiger partial charge < -0.3 is 15.4 Å². The molecule has 0 saturated heterocycles. The molecule has 1 aromatic heterocycles. The Labute approximate surface area is 152 Å². The summed E-state index contributed by atoms with van der Waals surface area (Å²) >= 11 is 0. The van der Waals surface area contributed by atoms with Gasteiger partial charge in [-0.3, -0.25) is 4.68 Å². The van der Waals surface area contributed by atoms with Crippen LogP contribution in [0.2, 0.25) is 0 Å². The molecule has 1 heterocycles. The van der Waals surface area contributed by atoms with E-state index in [1.54, 1.807) is 12.3 Å². The van der Waals surface area contributed by atoms with Gasteiger partial charge in [0.25, 0.3) is 0 Å². The normalized spacial score (nSPS) is 10.3. The van der Waals surface area contributed by atoms with Crippen molar-refractivity contribution in [3.05, 3.63) is 78.1 Å². The number of nitrogens with zero attached hydrogens (tertiary/aromatic N) is 2. The van der Waals surface area contributed by atoms with Crippen LogP contribution in [-0.2, 0) is 13.1 Å². The third-order valence-electron chi connectivity index (χ3n) is 3.85. The van der Waals surface area contributed by atoms with E-state index < -0.39 is 0 Å². The molecule has 0 aliphatic heterocycles. The Kier molecular flexibility index (Phi) is 5.88. The van der Waals surface area contributed by atoms with Crippen LogP contribution in [0.4, 0.5) is 10.5 Å². The second-order valence-corrected chi connectivity index (χ2v) is 5.74. The van der Waals surface area contributed by atoms with Gasteiger partial charge in [-0.1, -0.05) is 30.3 Å². The van der Waals surface area contributed by atoms with E-state index in [0.717, 1.165) is 16.9 Å². The standard InChI is InChI=1S/C20H22N4O2/c1-2-26-19-10-5-9-18(13-19)23-20(25)21-14-16-7-3-4-8-17(16)15-24-12-6-11-22-24/h3-13H,2,14-15H2,1H3,(H2,21,23,25). The van der Waals surface area contributed by atoms with Crippen LogP contribution in [0.5, 0.6) is 5.75 Å². The minimum Gasteiger partial charge on any atom is -0.494 e. The molecule has 0 atom stereocenters. The van der Waals surface area contributed by atoms with Gasteiger partial charge in [-0.15, -0.1) is 0 Å². The molecule has 0 aliphatic carbocycles. The van der Waals surface area contributed by atoms with Crippen LogP contribution in [0.15, 0.2) is 67.0 Å². The van der Waals surface area contributed by atoms with Crippen LogP contribution in [0, 0.1) is 0 Å². The zero-order valence-corrected chi connectivity index (χ0v) is 14.7. The highest BCUT2D eigenvalue weighted by atomic mass is 16.5. The maximum absolute atomic E-state index is 12.2. The summed E-state index contributed by atoms with van der Waals surface area (Å²) in [5, 5.41) is 9.96. The molecule has 3 rings (SSSR count). The molecule has 0 bridgehead atoms. The number of nitrogens with one attached hydrogen (secondary N) is 2. The quantitative estimate of drug-likeness (QED) is 0.683. The molecular weight excluding hydrogens is 328 g/mol. The molecule has 0 saturated carbocycles. The molecule has 6 nitrogen and oxygen atoms in total. The molecule has 2 amide bonds. The van der Waals surface area contributed by atoms with Crippen molar-refractivity contribution in [2.45, 2.75) is 20.0 Å². The lowest BCUT2D eigenvalue weighted by Gasteiger charge is -2.12. The summed E-state index contributed by atoms with van der Waals surface area (Å²) in [4.78, 5) is 12.2. The van der Waals surface area contributed by atoms with Gasteiger partial charge in [0.2, 0.25) is 0 Å². The van der Waals surface area contributed by atoms with E-state index in [2.05, 4.69) is 15.7 Å². The van der Waals surface area contributed by atoms with Crippen molar-refractivity contribution >= 4 is 11.7 Å². The predicted octanol–water partition coefficient (Wildman–Crippen LogP) is 3.65. The largest absolute Gasteiger partial charge is 0.494 e. The third-order valence-corrected chi connectivity index (χ3v) is 3.85. The summed E-state index contributed by atoms with van der Waals surface area (Å²) in [6, 6.07) is 17.0. The van der Waals surface area contributed by atoms with Crippen LogP contribution in [0.25, 0.3) is 0 Å². The smallest absolute Gasteiger partial charge is 0.319 e. The number of hydrogen-bond acceptors (Lipinski definition) is 3. The fourth-order valence-corrected chi connectivity index (χ4v) is 2.63. The van der Waals surface area contributed by atoms with Gasteiger partial charge in [0.1, 0.15) is 5.75 Å². The van der Waals surface area contributed by atoms with Crippen molar-refractivity contribution in [1.82, 2.24) is 15.1 Å². The molecule has 6 heteroatoms. The summed E-state index contributed by atoms with van der Waals surface area (Å²) in [6.07, 6.45) is 3.67. The highest BCUT2D eigenvalue weighted by Crippen LogP contribution is 2.17. The Morgan fingerprint density at radius 1 is 1.12 bits per heavy atom. The molecular formula is C20H22N4O2. The van der Waals surface area contributed by atoms with Crippen LogP contribution < -0.4 is 15.4 Å². The fourth-order valence-electron chi connectivity index (χ4n) is 2.63. The molecule has 3 aromatic rings. The van der Waals surface area contributed by atoms with Gasteiger partial charge in [0.05, 0.1) is 13.2 Å². The van der Waals surface area contributed by atoms with Crippen LogP contribution in [0.1, 0.15) is 18.1 Å². The minimum absolute atomic E-state index is 0.257. The molecule has 26 heavy (non-hydrogen) atoms. The Bertz CT molecular complexity index is 847. The summed E-state index contributed by atoms with van der Waals surface area (Å²) in [5.41, 5.74) is 2.87. The highest BCUT2D eigenvalue weighted by Gasteiger charge is 2.06. The molecule has 2 N–H and O–H groups in total. The maximum Gasteiger partial charge on any atom is 0.319 e. The Morgan fingerprint density at radius 2 is 1.96 bits per heavy atom.